The van der Waals surface area contributed by atoms with Crippen molar-refractivity contribution in [1.82, 2.24) is 10.3 Å². The minimum atomic E-state index is -4.56. The van der Waals surface area contributed by atoms with Crippen molar-refractivity contribution >= 4 is 11.7 Å². The van der Waals surface area contributed by atoms with E-state index in [1.807, 2.05) is 0 Å². The summed E-state index contributed by atoms with van der Waals surface area (Å²) < 4.78 is 42.3. The molecule has 1 heterocycles. The molecule has 1 aliphatic rings. The van der Waals surface area contributed by atoms with Gasteiger partial charge in [0.25, 0.3) is 0 Å². The van der Waals surface area contributed by atoms with Gasteiger partial charge in [0.2, 0.25) is 0 Å². The zero-order chi connectivity index (χ0) is 14.8. The first kappa shape index (κ1) is 14.4. The molecule has 2 rings (SSSR count). The highest BCUT2D eigenvalue weighted by molar-refractivity contribution is 5.90. The molecular formula is C12H14F3N3O2. The second kappa shape index (κ2) is 5.56. The quantitative estimate of drug-likeness (QED) is 0.895. The van der Waals surface area contributed by atoms with Crippen LogP contribution < -0.4 is 15.4 Å². The predicted octanol–water partition coefficient (Wildman–Crippen LogP) is 2.64. The molecule has 2 amide bonds. The third-order valence-electron chi connectivity index (χ3n) is 2.87. The monoisotopic (exact) mass is 289 g/mol. The Labute approximate surface area is 113 Å². The van der Waals surface area contributed by atoms with Crippen LogP contribution in [0.5, 0.6) is 5.75 Å². The smallest absolute Gasteiger partial charge is 0.433 e. The number of ether oxygens (including phenoxy) is 1. The van der Waals surface area contributed by atoms with E-state index < -0.39 is 17.9 Å². The topological polar surface area (TPSA) is 63.2 Å². The molecule has 1 saturated carbocycles. The van der Waals surface area contributed by atoms with Gasteiger partial charge >= 0.3 is 12.2 Å². The summed E-state index contributed by atoms with van der Waals surface area (Å²) in [5.41, 5.74) is -0.980. The van der Waals surface area contributed by atoms with Gasteiger partial charge in [0.15, 0.2) is 0 Å². The van der Waals surface area contributed by atoms with E-state index in [9.17, 15) is 18.0 Å². The van der Waals surface area contributed by atoms with Crippen molar-refractivity contribution in [3.8, 4) is 5.75 Å². The second-order valence-corrected chi connectivity index (χ2v) is 4.55. The molecule has 0 atom stereocenters. The first-order valence-electron chi connectivity index (χ1n) is 6.06. The Kier molecular flexibility index (Phi) is 4.01. The third-order valence-corrected chi connectivity index (χ3v) is 2.87. The van der Waals surface area contributed by atoms with Crippen LogP contribution in [0.1, 0.15) is 18.5 Å². The molecule has 1 aliphatic carbocycles. The van der Waals surface area contributed by atoms with Gasteiger partial charge in [0.1, 0.15) is 17.1 Å². The van der Waals surface area contributed by atoms with Crippen molar-refractivity contribution in [3.05, 3.63) is 18.0 Å². The van der Waals surface area contributed by atoms with E-state index in [1.54, 1.807) is 0 Å². The molecule has 2 N–H and O–H groups in total. The summed E-state index contributed by atoms with van der Waals surface area (Å²) in [6.07, 6.45) is -1.45. The van der Waals surface area contributed by atoms with E-state index in [2.05, 4.69) is 15.6 Å². The molecule has 1 aromatic rings. The Morgan fingerprint density at radius 2 is 2.20 bits per heavy atom. The van der Waals surface area contributed by atoms with E-state index >= 15 is 0 Å². The van der Waals surface area contributed by atoms with Crippen LogP contribution in [0.3, 0.4) is 0 Å². The molecule has 0 saturated heterocycles. The van der Waals surface area contributed by atoms with Crippen LogP contribution in [0.4, 0.5) is 23.7 Å². The maximum absolute atomic E-state index is 12.5. The molecule has 0 bridgehead atoms. The second-order valence-electron chi connectivity index (χ2n) is 4.55. The highest BCUT2D eigenvalue weighted by Gasteiger charge is 2.33. The minimum absolute atomic E-state index is 0.0890. The fourth-order valence-corrected chi connectivity index (χ4v) is 1.58. The molecule has 0 spiro atoms. The van der Waals surface area contributed by atoms with E-state index in [0.29, 0.717) is 12.5 Å². The van der Waals surface area contributed by atoms with Gasteiger partial charge in [-0.3, -0.25) is 0 Å². The van der Waals surface area contributed by atoms with Gasteiger partial charge in [-0.25, -0.2) is 9.78 Å². The van der Waals surface area contributed by atoms with Crippen LogP contribution in [0.25, 0.3) is 0 Å². The molecular weight excluding hydrogens is 275 g/mol. The van der Waals surface area contributed by atoms with E-state index in [4.69, 9.17) is 4.74 Å². The molecule has 0 radical (unpaired) electrons. The Bertz CT molecular complexity index is 501. The van der Waals surface area contributed by atoms with Gasteiger partial charge in [-0.05, 0) is 18.8 Å². The number of carbonyl (C=O) groups excluding carboxylic acids is 1. The molecule has 20 heavy (non-hydrogen) atoms. The average Bonchev–Trinajstić information content (AvgIpc) is 3.19. The number of alkyl halides is 3. The summed E-state index contributed by atoms with van der Waals surface area (Å²) in [6.45, 7) is 0.558. The number of anilines is 1. The lowest BCUT2D eigenvalue weighted by Crippen LogP contribution is -2.30. The Morgan fingerprint density at radius 3 is 2.75 bits per heavy atom. The molecule has 1 aromatic heterocycles. The predicted molar refractivity (Wildman–Crippen MR) is 65.5 cm³/mol. The van der Waals surface area contributed by atoms with E-state index in [1.165, 1.54) is 7.11 Å². The van der Waals surface area contributed by atoms with Gasteiger partial charge in [0.05, 0.1) is 13.3 Å². The van der Waals surface area contributed by atoms with Crippen molar-refractivity contribution < 1.29 is 22.7 Å². The highest BCUT2D eigenvalue weighted by Crippen LogP contribution is 2.33. The minimum Gasteiger partial charge on any atom is -0.494 e. The molecule has 8 heteroatoms. The lowest BCUT2D eigenvalue weighted by atomic mass is 10.3. The van der Waals surface area contributed by atoms with Gasteiger partial charge in [-0.2, -0.15) is 13.2 Å². The molecule has 5 nitrogen and oxygen atoms in total. The first-order valence-corrected chi connectivity index (χ1v) is 6.06. The number of hydrogen-bond acceptors (Lipinski definition) is 3. The number of pyridine rings is 1. The number of methoxy groups -OCH3 is 1. The van der Waals surface area contributed by atoms with Crippen molar-refractivity contribution in [1.29, 1.82) is 0 Å². The number of halogens is 3. The number of hydrogen-bond donors (Lipinski definition) is 2. The van der Waals surface area contributed by atoms with Crippen molar-refractivity contribution in [3.63, 3.8) is 0 Å². The molecule has 1 fully saturated rings. The normalized spacial score (nSPS) is 14.8. The van der Waals surface area contributed by atoms with Crippen molar-refractivity contribution in [2.45, 2.75) is 19.0 Å². The summed E-state index contributed by atoms with van der Waals surface area (Å²) in [5.74, 6) is 0.419. The van der Waals surface area contributed by atoms with Crippen LogP contribution in [0.15, 0.2) is 12.3 Å². The molecule has 110 valence electrons. The van der Waals surface area contributed by atoms with Gasteiger partial charge in [0, 0.05) is 12.6 Å². The fraction of sp³-hybridized carbons (Fsp3) is 0.500. The van der Waals surface area contributed by atoms with Gasteiger partial charge in [-0.15, -0.1) is 0 Å². The zero-order valence-electron chi connectivity index (χ0n) is 10.8. The number of amides is 2. The summed E-state index contributed by atoms with van der Waals surface area (Å²) in [7, 11) is 1.22. The van der Waals surface area contributed by atoms with Gasteiger partial charge < -0.3 is 15.4 Å². The number of nitrogens with one attached hydrogen (secondary N) is 2. The molecule has 0 aliphatic heterocycles. The summed E-state index contributed by atoms with van der Waals surface area (Å²) in [6, 6.07) is 0.257. The molecule has 0 unspecified atom stereocenters. The maximum Gasteiger partial charge on any atom is 0.433 e. The van der Waals surface area contributed by atoms with E-state index in [0.717, 1.165) is 25.1 Å². The Morgan fingerprint density at radius 1 is 1.50 bits per heavy atom. The lowest BCUT2D eigenvalue weighted by Gasteiger charge is -2.13. The SMILES string of the molecule is COc1cc(C(F)(F)F)ncc1NC(=O)NCC1CC1. The largest absolute Gasteiger partial charge is 0.494 e. The number of carbonyl (C=O) groups is 1. The average molecular weight is 289 g/mol. The van der Waals surface area contributed by atoms with Crippen LogP contribution in [-0.4, -0.2) is 24.7 Å². The molecule has 0 aromatic carbocycles. The van der Waals surface area contributed by atoms with Crippen molar-refractivity contribution in [2.75, 3.05) is 19.0 Å². The van der Waals surface area contributed by atoms with E-state index in [-0.39, 0.29) is 11.4 Å². The van der Waals surface area contributed by atoms with Crippen LogP contribution in [0.2, 0.25) is 0 Å². The summed E-state index contributed by atoms with van der Waals surface area (Å²) in [5, 5.41) is 5.05. The number of nitrogens with zero attached hydrogens (tertiary/aromatic N) is 1. The lowest BCUT2D eigenvalue weighted by molar-refractivity contribution is -0.141. The standard InChI is InChI=1S/C12H14F3N3O2/c1-20-9-4-10(12(13,14)15)16-6-8(9)18-11(19)17-5-7-2-3-7/h4,6-7H,2-3,5H2,1H3,(H2,17,18,19). The van der Waals surface area contributed by atoms with Crippen molar-refractivity contribution in [2.24, 2.45) is 5.92 Å². The van der Waals surface area contributed by atoms with Crippen LogP contribution >= 0.6 is 0 Å². The van der Waals surface area contributed by atoms with Crippen LogP contribution in [-0.2, 0) is 6.18 Å². The highest BCUT2D eigenvalue weighted by atomic mass is 19.4. The Hall–Kier alpha value is -1.99. The summed E-state index contributed by atoms with van der Waals surface area (Å²) >= 11 is 0. The number of urea groups is 1. The zero-order valence-corrected chi connectivity index (χ0v) is 10.8. The third kappa shape index (κ3) is 3.75. The number of rotatable bonds is 4. The number of aromatic nitrogens is 1. The first-order chi connectivity index (χ1) is 9.40. The Balaban J connectivity index is 2.04. The summed E-state index contributed by atoms with van der Waals surface area (Å²) in [4.78, 5) is 14.8. The van der Waals surface area contributed by atoms with Gasteiger partial charge in [-0.1, -0.05) is 0 Å². The van der Waals surface area contributed by atoms with Crippen LogP contribution in [0, 0.1) is 5.92 Å². The maximum atomic E-state index is 12.5. The fourth-order valence-electron chi connectivity index (χ4n) is 1.58.